The Morgan fingerprint density at radius 1 is 1.42 bits per heavy atom. The number of carboxylic acids is 1. The number of carboxylic acid groups (broad SMARTS) is 1. The van der Waals surface area contributed by atoms with Crippen molar-refractivity contribution in [3.63, 3.8) is 0 Å². The molecule has 0 saturated carbocycles. The van der Waals surface area contributed by atoms with E-state index in [4.69, 9.17) is 15.2 Å². The van der Waals surface area contributed by atoms with Gasteiger partial charge < -0.3 is 19.9 Å². The predicted octanol–water partition coefficient (Wildman–Crippen LogP) is -0.201. The second-order valence-electron chi connectivity index (χ2n) is 3.49. The standard InChI is InChI=1S/C11H12BNO6/c1-2-5-19-11(16)13-9-6-7(10(14)15)3-4-8(9)12(17)18/h2-4,6,17-18H,1,5H2,(H,13,16)(H,14,15). The molecule has 4 N–H and O–H groups in total. The van der Waals surface area contributed by atoms with Crippen LogP contribution in [0.4, 0.5) is 10.5 Å². The zero-order valence-corrected chi connectivity index (χ0v) is 9.87. The van der Waals surface area contributed by atoms with Crippen molar-refractivity contribution in [3.05, 3.63) is 36.4 Å². The predicted molar refractivity (Wildman–Crippen MR) is 68.4 cm³/mol. The van der Waals surface area contributed by atoms with Crippen molar-refractivity contribution in [1.29, 1.82) is 0 Å². The van der Waals surface area contributed by atoms with Gasteiger partial charge >= 0.3 is 19.2 Å². The van der Waals surface area contributed by atoms with Crippen molar-refractivity contribution < 1.29 is 29.5 Å². The summed E-state index contributed by atoms with van der Waals surface area (Å²) < 4.78 is 4.65. The van der Waals surface area contributed by atoms with E-state index in [1.54, 1.807) is 0 Å². The van der Waals surface area contributed by atoms with Gasteiger partial charge in [0.15, 0.2) is 0 Å². The average Bonchev–Trinajstić information content (AvgIpc) is 2.35. The molecule has 1 aromatic rings. The van der Waals surface area contributed by atoms with E-state index in [0.717, 1.165) is 6.07 Å². The molecule has 1 aromatic carbocycles. The Balaban J connectivity index is 3.00. The third-order valence-corrected chi connectivity index (χ3v) is 2.15. The fraction of sp³-hybridized carbons (Fsp3) is 0.0909. The number of anilines is 1. The molecule has 0 radical (unpaired) electrons. The maximum atomic E-state index is 11.3. The van der Waals surface area contributed by atoms with Crippen molar-refractivity contribution in [3.8, 4) is 0 Å². The van der Waals surface area contributed by atoms with Gasteiger partial charge in [0.1, 0.15) is 6.61 Å². The first-order valence-electron chi connectivity index (χ1n) is 5.23. The Morgan fingerprint density at radius 2 is 2.11 bits per heavy atom. The van der Waals surface area contributed by atoms with Crippen LogP contribution < -0.4 is 10.8 Å². The lowest BCUT2D eigenvalue weighted by molar-refractivity contribution is 0.0696. The SMILES string of the molecule is C=CCOC(=O)Nc1cc(C(=O)O)ccc1B(O)O. The highest BCUT2D eigenvalue weighted by Gasteiger charge is 2.19. The lowest BCUT2D eigenvalue weighted by Crippen LogP contribution is -2.34. The van der Waals surface area contributed by atoms with Gasteiger partial charge in [-0.25, -0.2) is 9.59 Å². The summed E-state index contributed by atoms with van der Waals surface area (Å²) in [4.78, 5) is 22.1. The fourth-order valence-corrected chi connectivity index (χ4v) is 1.30. The smallest absolute Gasteiger partial charge is 0.478 e. The molecule has 0 aliphatic heterocycles. The molecule has 0 bridgehead atoms. The maximum absolute atomic E-state index is 11.3. The van der Waals surface area contributed by atoms with Crippen LogP contribution in [0.15, 0.2) is 30.9 Å². The Hall–Kier alpha value is -2.32. The number of rotatable bonds is 5. The summed E-state index contributed by atoms with van der Waals surface area (Å²) in [6.07, 6.45) is 0.499. The van der Waals surface area contributed by atoms with Gasteiger partial charge in [-0.2, -0.15) is 0 Å². The number of ether oxygens (including phenoxy) is 1. The lowest BCUT2D eigenvalue weighted by Gasteiger charge is -2.11. The highest BCUT2D eigenvalue weighted by Crippen LogP contribution is 2.10. The van der Waals surface area contributed by atoms with Gasteiger partial charge in [0, 0.05) is 11.2 Å². The minimum absolute atomic E-state index is 0.0263. The van der Waals surface area contributed by atoms with Crippen LogP contribution in [0.2, 0.25) is 0 Å². The molecule has 0 atom stereocenters. The van der Waals surface area contributed by atoms with E-state index in [0.29, 0.717) is 0 Å². The summed E-state index contributed by atoms with van der Waals surface area (Å²) in [5, 5.41) is 29.3. The van der Waals surface area contributed by atoms with Crippen LogP contribution in [0.1, 0.15) is 10.4 Å². The van der Waals surface area contributed by atoms with E-state index < -0.39 is 19.2 Å². The van der Waals surface area contributed by atoms with Crippen LogP contribution >= 0.6 is 0 Å². The van der Waals surface area contributed by atoms with Gasteiger partial charge in [-0.3, -0.25) is 5.32 Å². The molecule has 0 spiro atoms. The van der Waals surface area contributed by atoms with Crippen molar-refractivity contribution in [2.75, 3.05) is 11.9 Å². The molecular weight excluding hydrogens is 253 g/mol. The minimum Gasteiger partial charge on any atom is -0.478 e. The maximum Gasteiger partial charge on any atom is 0.490 e. The van der Waals surface area contributed by atoms with Gasteiger partial charge in [0.2, 0.25) is 0 Å². The molecule has 0 aromatic heterocycles. The van der Waals surface area contributed by atoms with Crippen LogP contribution in [0, 0.1) is 0 Å². The van der Waals surface area contributed by atoms with E-state index in [-0.39, 0.29) is 23.3 Å². The zero-order valence-electron chi connectivity index (χ0n) is 9.87. The van der Waals surface area contributed by atoms with Crippen LogP contribution in [0.3, 0.4) is 0 Å². The molecule has 8 heteroatoms. The Bertz CT molecular complexity index is 502. The number of hydrogen-bond donors (Lipinski definition) is 4. The van der Waals surface area contributed by atoms with E-state index in [2.05, 4.69) is 16.6 Å². The van der Waals surface area contributed by atoms with Crippen LogP contribution in [-0.2, 0) is 4.74 Å². The molecule has 1 rings (SSSR count). The second-order valence-corrected chi connectivity index (χ2v) is 3.49. The summed E-state index contributed by atoms with van der Waals surface area (Å²) in [6.45, 7) is 3.33. The first-order valence-corrected chi connectivity index (χ1v) is 5.23. The molecule has 7 nitrogen and oxygen atoms in total. The van der Waals surface area contributed by atoms with Gasteiger partial charge in [0.05, 0.1) is 5.56 Å². The Kier molecular flexibility index (Phi) is 5.10. The molecule has 0 fully saturated rings. The number of hydrogen-bond acceptors (Lipinski definition) is 5. The first-order chi connectivity index (χ1) is 8.95. The fourth-order valence-electron chi connectivity index (χ4n) is 1.30. The Morgan fingerprint density at radius 3 is 2.63 bits per heavy atom. The summed E-state index contributed by atoms with van der Waals surface area (Å²) in [5.41, 5.74) is -0.201. The summed E-state index contributed by atoms with van der Waals surface area (Å²) in [6, 6.07) is 3.49. The molecule has 0 aliphatic rings. The number of carbonyl (C=O) groups excluding carboxylic acids is 1. The number of carbonyl (C=O) groups is 2. The normalized spacial score (nSPS) is 9.58. The van der Waals surface area contributed by atoms with Crippen LogP contribution in [-0.4, -0.2) is 40.9 Å². The lowest BCUT2D eigenvalue weighted by atomic mass is 9.78. The van der Waals surface area contributed by atoms with E-state index in [1.165, 1.54) is 18.2 Å². The second kappa shape index (κ2) is 6.57. The third-order valence-electron chi connectivity index (χ3n) is 2.15. The van der Waals surface area contributed by atoms with Crippen LogP contribution in [0.5, 0.6) is 0 Å². The van der Waals surface area contributed by atoms with Crippen molar-refractivity contribution in [1.82, 2.24) is 0 Å². The summed E-state index contributed by atoms with van der Waals surface area (Å²) in [5.74, 6) is -1.21. The highest BCUT2D eigenvalue weighted by atomic mass is 16.5. The van der Waals surface area contributed by atoms with Gasteiger partial charge in [-0.1, -0.05) is 18.7 Å². The largest absolute Gasteiger partial charge is 0.490 e. The van der Waals surface area contributed by atoms with Gasteiger partial charge in [0.25, 0.3) is 0 Å². The van der Waals surface area contributed by atoms with Crippen molar-refractivity contribution in [2.45, 2.75) is 0 Å². The number of benzene rings is 1. The molecule has 0 unspecified atom stereocenters. The molecular formula is C11H12BNO6. The summed E-state index contributed by atoms with van der Waals surface area (Å²) >= 11 is 0. The molecule has 19 heavy (non-hydrogen) atoms. The van der Waals surface area contributed by atoms with Crippen molar-refractivity contribution in [2.24, 2.45) is 0 Å². The zero-order chi connectivity index (χ0) is 14.4. The monoisotopic (exact) mass is 265 g/mol. The van der Waals surface area contributed by atoms with E-state index >= 15 is 0 Å². The highest BCUT2D eigenvalue weighted by molar-refractivity contribution is 6.60. The Labute approximate surface area is 109 Å². The molecule has 0 heterocycles. The number of amides is 1. The topological polar surface area (TPSA) is 116 Å². The molecule has 0 saturated heterocycles. The number of aromatic carboxylic acids is 1. The molecule has 0 aliphatic carbocycles. The third kappa shape index (κ3) is 4.13. The van der Waals surface area contributed by atoms with Crippen molar-refractivity contribution >= 4 is 30.3 Å². The van der Waals surface area contributed by atoms with Crippen LogP contribution in [0.25, 0.3) is 0 Å². The molecule has 100 valence electrons. The molecule has 1 amide bonds. The minimum atomic E-state index is -1.85. The van der Waals surface area contributed by atoms with Gasteiger partial charge in [-0.15, -0.1) is 0 Å². The number of nitrogens with one attached hydrogen (secondary N) is 1. The first kappa shape index (κ1) is 14.7. The summed E-state index contributed by atoms with van der Waals surface area (Å²) in [7, 11) is -1.85. The van der Waals surface area contributed by atoms with E-state index in [9.17, 15) is 9.59 Å². The van der Waals surface area contributed by atoms with Gasteiger partial charge in [-0.05, 0) is 12.1 Å². The van der Waals surface area contributed by atoms with E-state index in [1.807, 2.05) is 0 Å². The quantitative estimate of drug-likeness (QED) is 0.432. The average molecular weight is 265 g/mol.